The molecular weight excluding hydrogens is 202 g/mol. The van der Waals surface area contributed by atoms with E-state index in [9.17, 15) is 9.90 Å². The van der Waals surface area contributed by atoms with Gasteiger partial charge in [-0.25, -0.2) is 4.79 Å². The largest absolute Gasteiger partial charge is 0.505 e. The predicted molar refractivity (Wildman–Crippen MR) is 51.4 cm³/mol. The van der Waals surface area contributed by atoms with Gasteiger partial charge in [0.25, 0.3) is 0 Å². The van der Waals surface area contributed by atoms with Crippen molar-refractivity contribution in [2.45, 2.75) is 4.90 Å². The topological polar surface area (TPSA) is 70.3 Å². The molecule has 0 atom stereocenters. The van der Waals surface area contributed by atoms with Gasteiger partial charge in [-0.05, 0) is 12.1 Å². The van der Waals surface area contributed by atoms with Crippen molar-refractivity contribution in [3.63, 3.8) is 0 Å². The number of carbonyl (C=O) groups is 1. The summed E-state index contributed by atoms with van der Waals surface area (Å²) < 4.78 is 4.45. The fourth-order valence-electron chi connectivity index (χ4n) is 0.973. The summed E-state index contributed by atoms with van der Waals surface area (Å²) in [6, 6.07) is 4.52. The van der Waals surface area contributed by atoms with E-state index in [1.165, 1.54) is 19.2 Å². The van der Waals surface area contributed by atoms with E-state index < -0.39 is 5.97 Å². The number of thiol groups is 1. The first-order valence-corrected chi connectivity index (χ1v) is 4.10. The van der Waals surface area contributed by atoms with Gasteiger partial charge in [-0.1, -0.05) is 0 Å². The van der Waals surface area contributed by atoms with E-state index in [1.54, 1.807) is 6.07 Å². The van der Waals surface area contributed by atoms with Gasteiger partial charge in [0.05, 0.1) is 12.7 Å². The molecule has 4 nitrogen and oxygen atoms in total. The maximum absolute atomic E-state index is 11.1. The molecule has 0 aliphatic rings. The summed E-state index contributed by atoms with van der Waals surface area (Å²) in [6.45, 7) is 0. The predicted octanol–water partition coefficient (Wildman–Crippen LogP) is 1.34. The quantitative estimate of drug-likeness (QED) is 0.541. The summed E-state index contributed by atoms with van der Waals surface area (Å²) >= 11 is 3.91. The number of carbonyl (C=O) groups excluding carboxylic acids is 1. The van der Waals surface area contributed by atoms with Gasteiger partial charge in [0.2, 0.25) is 0 Å². The molecule has 0 bridgehead atoms. The van der Waals surface area contributed by atoms with Gasteiger partial charge in [-0.2, -0.15) is 5.26 Å². The molecule has 0 radical (unpaired) electrons. The lowest BCUT2D eigenvalue weighted by Gasteiger charge is -2.04. The maximum atomic E-state index is 11.1. The van der Waals surface area contributed by atoms with Gasteiger partial charge in [-0.15, -0.1) is 12.6 Å². The van der Waals surface area contributed by atoms with Crippen LogP contribution in [0.2, 0.25) is 0 Å². The number of hydrogen-bond acceptors (Lipinski definition) is 5. The van der Waals surface area contributed by atoms with Crippen LogP contribution in [-0.2, 0) is 4.74 Å². The third-order valence-electron chi connectivity index (χ3n) is 1.67. The highest BCUT2D eigenvalue weighted by atomic mass is 32.1. The Morgan fingerprint density at radius 1 is 1.64 bits per heavy atom. The third kappa shape index (κ3) is 1.65. The SMILES string of the molecule is COC(=O)c1ccc(S)c(O)c1C#N. The van der Waals surface area contributed by atoms with Crippen LogP contribution in [0.5, 0.6) is 5.75 Å². The van der Waals surface area contributed by atoms with Crippen molar-refractivity contribution in [3.05, 3.63) is 23.3 Å². The molecule has 72 valence electrons. The molecule has 0 aliphatic heterocycles. The summed E-state index contributed by atoms with van der Waals surface area (Å²) in [5.74, 6) is -0.969. The maximum Gasteiger partial charge on any atom is 0.339 e. The number of nitriles is 1. The number of nitrogens with zero attached hydrogens (tertiary/aromatic N) is 1. The van der Waals surface area contributed by atoms with Crippen molar-refractivity contribution in [2.24, 2.45) is 0 Å². The molecule has 14 heavy (non-hydrogen) atoms. The van der Waals surface area contributed by atoms with Crippen molar-refractivity contribution in [1.29, 1.82) is 5.26 Å². The second-order valence-electron chi connectivity index (χ2n) is 2.46. The monoisotopic (exact) mass is 209 g/mol. The summed E-state index contributed by atoms with van der Waals surface area (Å²) in [6.07, 6.45) is 0. The first-order chi connectivity index (χ1) is 6.61. The molecule has 1 N–H and O–H groups in total. The second-order valence-corrected chi connectivity index (χ2v) is 2.94. The Morgan fingerprint density at radius 2 is 2.29 bits per heavy atom. The summed E-state index contributed by atoms with van der Waals surface area (Å²) in [5, 5.41) is 18.1. The van der Waals surface area contributed by atoms with E-state index in [4.69, 9.17) is 5.26 Å². The number of ether oxygens (including phenoxy) is 1. The molecule has 1 aromatic rings. The molecule has 0 fully saturated rings. The smallest absolute Gasteiger partial charge is 0.339 e. The molecule has 0 saturated heterocycles. The molecule has 0 aromatic heterocycles. The lowest BCUT2D eigenvalue weighted by atomic mass is 10.1. The van der Waals surface area contributed by atoms with Gasteiger partial charge in [-0.3, -0.25) is 0 Å². The van der Waals surface area contributed by atoms with Gasteiger partial charge in [0.1, 0.15) is 17.4 Å². The number of phenolic OH excluding ortho intramolecular Hbond substituents is 1. The minimum Gasteiger partial charge on any atom is -0.505 e. The van der Waals surface area contributed by atoms with Crippen molar-refractivity contribution < 1.29 is 14.6 Å². The van der Waals surface area contributed by atoms with Crippen LogP contribution in [0, 0.1) is 11.3 Å². The van der Waals surface area contributed by atoms with Gasteiger partial charge in [0.15, 0.2) is 0 Å². The molecule has 0 saturated carbocycles. The summed E-state index contributed by atoms with van der Waals surface area (Å²) in [5.41, 5.74) is -0.0883. The van der Waals surface area contributed by atoms with Crippen LogP contribution in [0.15, 0.2) is 17.0 Å². The average Bonchev–Trinajstić information content (AvgIpc) is 2.20. The van der Waals surface area contributed by atoms with Crippen LogP contribution in [0.4, 0.5) is 0 Å². The highest BCUT2D eigenvalue weighted by Crippen LogP contribution is 2.28. The number of rotatable bonds is 1. The Balaban J connectivity index is 3.40. The van der Waals surface area contributed by atoms with Crippen molar-refractivity contribution in [1.82, 2.24) is 0 Å². The molecule has 5 heteroatoms. The molecule has 1 rings (SSSR count). The molecule has 1 aromatic carbocycles. The molecular formula is C9H7NO3S. The Hall–Kier alpha value is -1.67. The molecule has 0 heterocycles. The lowest BCUT2D eigenvalue weighted by Crippen LogP contribution is -2.04. The van der Waals surface area contributed by atoms with E-state index >= 15 is 0 Å². The number of methoxy groups -OCH3 is 1. The van der Waals surface area contributed by atoms with Crippen LogP contribution in [-0.4, -0.2) is 18.2 Å². The van der Waals surface area contributed by atoms with Crippen molar-refractivity contribution in [3.8, 4) is 11.8 Å². The molecule has 0 unspecified atom stereocenters. The summed E-state index contributed by atoms with van der Waals surface area (Å²) in [4.78, 5) is 11.4. The minimum atomic E-state index is -0.662. The van der Waals surface area contributed by atoms with Crippen LogP contribution in [0.25, 0.3) is 0 Å². The van der Waals surface area contributed by atoms with Crippen LogP contribution < -0.4 is 0 Å². The minimum absolute atomic E-state index is 0.0327. The number of aromatic hydroxyl groups is 1. The van der Waals surface area contributed by atoms with Gasteiger partial charge in [0, 0.05) is 4.90 Å². The zero-order chi connectivity index (χ0) is 10.7. The fraction of sp³-hybridized carbons (Fsp3) is 0.111. The molecule has 0 spiro atoms. The van der Waals surface area contributed by atoms with E-state index in [-0.39, 0.29) is 21.8 Å². The van der Waals surface area contributed by atoms with E-state index in [0.29, 0.717) is 0 Å². The third-order valence-corrected chi connectivity index (χ3v) is 2.03. The molecule has 0 amide bonds. The first-order valence-electron chi connectivity index (χ1n) is 3.65. The van der Waals surface area contributed by atoms with E-state index in [0.717, 1.165) is 0 Å². The Bertz CT molecular complexity index is 423. The van der Waals surface area contributed by atoms with Gasteiger partial charge >= 0.3 is 5.97 Å². The summed E-state index contributed by atoms with van der Waals surface area (Å²) in [7, 11) is 1.20. The first kappa shape index (κ1) is 10.4. The Morgan fingerprint density at radius 3 is 2.79 bits per heavy atom. The van der Waals surface area contributed by atoms with Crippen molar-refractivity contribution in [2.75, 3.05) is 7.11 Å². The second kappa shape index (κ2) is 4.03. The standard InChI is InChI=1S/C9H7NO3S/c1-13-9(12)5-2-3-7(14)8(11)6(5)4-10/h2-3,11,14H,1H3. The lowest BCUT2D eigenvalue weighted by molar-refractivity contribution is 0.0600. The van der Waals surface area contributed by atoms with Crippen LogP contribution in [0.1, 0.15) is 15.9 Å². The number of esters is 1. The zero-order valence-corrected chi connectivity index (χ0v) is 8.21. The fourth-order valence-corrected chi connectivity index (χ4v) is 1.16. The Labute approximate surface area is 86.1 Å². The molecule has 0 aliphatic carbocycles. The van der Waals surface area contributed by atoms with Crippen LogP contribution in [0.3, 0.4) is 0 Å². The number of phenols is 1. The number of hydrogen-bond donors (Lipinski definition) is 2. The van der Waals surface area contributed by atoms with Crippen molar-refractivity contribution >= 4 is 18.6 Å². The zero-order valence-electron chi connectivity index (χ0n) is 7.31. The Kier molecular flexibility index (Phi) is 2.99. The average molecular weight is 209 g/mol. The highest BCUT2D eigenvalue weighted by molar-refractivity contribution is 7.80. The normalized spacial score (nSPS) is 9.21. The van der Waals surface area contributed by atoms with Gasteiger partial charge < -0.3 is 9.84 Å². The van der Waals surface area contributed by atoms with E-state index in [2.05, 4.69) is 17.4 Å². The van der Waals surface area contributed by atoms with Crippen LogP contribution >= 0.6 is 12.6 Å². The highest BCUT2D eigenvalue weighted by Gasteiger charge is 2.16. The van der Waals surface area contributed by atoms with E-state index in [1.807, 2.05) is 0 Å². The number of benzene rings is 1.